The van der Waals surface area contributed by atoms with E-state index in [0.717, 1.165) is 30.9 Å². The van der Waals surface area contributed by atoms with Crippen LogP contribution in [0.4, 0.5) is 0 Å². The van der Waals surface area contributed by atoms with Crippen molar-refractivity contribution in [3.05, 3.63) is 59.2 Å². The van der Waals surface area contributed by atoms with Gasteiger partial charge in [-0.1, -0.05) is 30.3 Å². The van der Waals surface area contributed by atoms with Crippen LogP contribution in [0.3, 0.4) is 0 Å². The molecule has 0 aliphatic carbocycles. The van der Waals surface area contributed by atoms with Crippen molar-refractivity contribution in [3.8, 4) is 11.5 Å². The molecule has 1 heterocycles. The molecule has 0 spiro atoms. The maximum absolute atomic E-state index is 5.74. The van der Waals surface area contributed by atoms with Crippen molar-refractivity contribution in [2.75, 3.05) is 20.3 Å². The number of nitrogens with one attached hydrogen (secondary N) is 1. The first-order valence-electron chi connectivity index (χ1n) is 7.92. The van der Waals surface area contributed by atoms with Crippen LogP contribution in [0.2, 0.25) is 0 Å². The Morgan fingerprint density at radius 3 is 2.68 bits per heavy atom. The number of rotatable bonds is 5. The second-order valence-corrected chi connectivity index (χ2v) is 5.58. The van der Waals surface area contributed by atoms with Crippen molar-refractivity contribution in [3.63, 3.8) is 0 Å². The third-order valence-corrected chi connectivity index (χ3v) is 4.17. The molecule has 0 fully saturated rings. The number of hydrogen-bond acceptors (Lipinski definition) is 3. The molecule has 1 atom stereocenters. The van der Waals surface area contributed by atoms with Gasteiger partial charge in [-0.05, 0) is 55.1 Å². The fourth-order valence-corrected chi connectivity index (χ4v) is 3.11. The van der Waals surface area contributed by atoms with E-state index < -0.39 is 0 Å². The molecular weight excluding hydrogens is 274 g/mol. The van der Waals surface area contributed by atoms with Gasteiger partial charge in [-0.25, -0.2) is 0 Å². The molecule has 0 aromatic heterocycles. The second kappa shape index (κ2) is 6.84. The smallest absolute Gasteiger partial charge is 0.161 e. The summed E-state index contributed by atoms with van der Waals surface area (Å²) in [5, 5.41) is 3.63. The molecule has 0 saturated carbocycles. The third kappa shape index (κ3) is 3.09. The van der Waals surface area contributed by atoms with Crippen LogP contribution in [-0.2, 0) is 12.8 Å². The quantitative estimate of drug-likeness (QED) is 0.916. The van der Waals surface area contributed by atoms with Gasteiger partial charge in [0.25, 0.3) is 0 Å². The highest BCUT2D eigenvalue weighted by Crippen LogP contribution is 2.36. The summed E-state index contributed by atoms with van der Waals surface area (Å²) in [4.78, 5) is 0. The second-order valence-electron chi connectivity index (χ2n) is 5.58. The Morgan fingerprint density at radius 1 is 1.14 bits per heavy atom. The Balaban J connectivity index is 1.92. The first kappa shape index (κ1) is 14.9. The standard InChI is InChI=1S/C19H23NO2/c1-3-22-19-13-16-15(12-18(19)21-2)9-10-20-17(16)11-14-7-5-4-6-8-14/h4-8,12-13,17,20H,3,9-11H2,1-2H3. The van der Waals surface area contributed by atoms with Gasteiger partial charge < -0.3 is 14.8 Å². The molecule has 1 aliphatic heterocycles. The molecule has 0 saturated heterocycles. The van der Waals surface area contributed by atoms with E-state index in [9.17, 15) is 0 Å². The molecule has 0 radical (unpaired) electrons. The lowest BCUT2D eigenvalue weighted by Crippen LogP contribution is -2.31. The normalized spacial score (nSPS) is 16.9. The predicted molar refractivity (Wildman–Crippen MR) is 88.8 cm³/mol. The van der Waals surface area contributed by atoms with E-state index in [0.29, 0.717) is 12.6 Å². The first-order valence-corrected chi connectivity index (χ1v) is 7.92. The number of fused-ring (bicyclic) bond motifs is 1. The number of methoxy groups -OCH3 is 1. The van der Waals surface area contributed by atoms with Gasteiger partial charge in [0.05, 0.1) is 13.7 Å². The summed E-state index contributed by atoms with van der Waals surface area (Å²) in [5.41, 5.74) is 4.04. The maximum atomic E-state index is 5.74. The highest BCUT2D eigenvalue weighted by atomic mass is 16.5. The fraction of sp³-hybridized carbons (Fsp3) is 0.368. The van der Waals surface area contributed by atoms with E-state index in [1.54, 1.807) is 7.11 Å². The van der Waals surface area contributed by atoms with Gasteiger partial charge in [-0.3, -0.25) is 0 Å². The largest absolute Gasteiger partial charge is 0.493 e. The average Bonchev–Trinajstić information content (AvgIpc) is 2.56. The molecule has 1 N–H and O–H groups in total. The number of benzene rings is 2. The first-order chi connectivity index (χ1) is 10.8. The van der Waals surface area contributed by atoms with E-state index >= 15 is 0 Å². The van der Waals surface area contributed by atoms with E-state index in [-0.39, 0.29) is 0 Å². The van der Waals surface area contributed by atoms with Gasteiger partial charge in [0.2, 0.25) is 0 Å². The highest BCUT2D eigenvalue weighted by Gasteiger charge is 2.22. The summed E-state index contributed by atoms with van der Waals surface area (Å²) < 4.78 is 11.2. The third-order valence-electron chi connectivity index (χ3n) is 4.17. The molecule has 3 rings (SSSR count). The Labute approximate surface area is 132 Å². The molecule has 0 amide bonds. The molecule has 1 aliphatic rings. The predicted octanol–water partition coefficient (Wildman–Crippen LogP) is 3.52. The Hall–Kier alpha value is -2.00. The summed E-state index contributed by atoms with van der Waals surface area (Å²) in [7, 11) is 1.70. The van der Waals surface area contributed by atoms with E-state index in [1.165, 1.54) is 16.7 Å². The number of hydrogen-bond donors (Lipinski definition) is 1. The van der Waals surface area contributed by atoms with Crippen molar-refractivity contribution in [2.24, 2.45) is 0 Å². The van der Waals surface area contributed by atoms with Crippen LogP contribution >= 0.6 is 0 Å². The van der Waals surface area contributed by atoms with Gasteiger partial charge in [0, 0.05) is 6.04 Å². The van der Waals surface area contributed by atoms with E-state index in [1.807, 2.05) is 6.92 Å². The van der Waals surface area contributed by atoms with Crippen LogP contribution in [0.5, 0.6) is 11.5 Å². The lowest BCUT2D eigenvalue weighted by Gasteiger charge is -2.28. The molecular formula is C19H23NO2. The van der Waals surface area contributed by atoms with Gasteiger partial charge in [0.1, 0.15) is 0 Å². The molecule has 1 unspecified atom stereocenters. The van der Waals surface area contributed by atoms with Gasteiger partial charge in [-0.15, -0.1) is 0 Å². The van der Waals surface area contributed by atoms with Crippen LogP contribution in [0.15, 0.2) is 42.5 Å². The Morgan fingerprint density at radius 2 is 1.95 bits per heavy atom. The van der Waals surface area contributed by atoms with Gasteiger partial charge >= 0.3 is 0 Å². The minimum absolute atomic E-state index is 0.330. The fourth-order valence-electron chi connectivity index (χ4n) is 3.11. The van der Waals surface area contributed by atoms with E-state index in [4.69, 9.17) is 9.47 Å². The molecule has 2 aromatic carbocycles. The topological polar surface area (TPSA) is 30.5 Å². The van der Waals surface area contributed by atoms with Crippen molar-refractivity contribution in [1.82, 2.24) is 5.32 Å². The monoisotopic (exact) mass is 297 g/mol. The molecule has 3 heteroatoms. The van der Waals surface area contributed by atoms with Crippen LogP contribution in [-0.4, -0.2) is 20.3 Å². The van der Waals surface area contributed by atoms with Crippen LogP contribution in [0.25, 0.3) is 0 Å². The molecule has 2 aromatic rings. The lowest BCUT2D eigenvalue weighted by molar-refractivity contribution is 0.309. The van der Waals surface area contributed by atoms with E-state index in [2.05, 4.69) is 47.8 Å². The maximum Gasteiger partial charge on any atom is 0.161 e. The van der Waals surface area contributed by atoms with Crippen LogP contribution in [0, 0.1) is 0 Å². The van der Waals surface area contributed by atoms with Crippen LogP contribution < -0.4 is 14.8 Å². The SMILES string of the molecule is CCOc1cc2c(cc1OC)CCNC2Cc1ccccc1. The minimum atomic E-state index is 0.330. The van der Waals surface area contributed by atoms with Crippen molar-refractivity contribution < 1.29 is 9.47 Å². The molecule has 22 heavy (non-hydrogen) atoms. The van der Waals surface area contributed by atoms with Crippen molar-refractivity contribution in [1.29, 1.82) is 0 Å². The molecule has 3 nitrogen and oxygen atoms in total. The minimum Gasteiger partial charge on any atom is -0.493 e. The molecule has 116 valence electrons. The zero-order chi connectivity index (χ0) is 15.4. The average molecular weight is 297 g/mol. The summed E-state index contributed by atoms with van der Waals surface area (Å²) in [6.45, 7) is 3.64. The lowest BCUT2D eigenvalue weighted by atomic mass is 9.90. The zero-order valence-electron chi connectivity index (χ0n) is 13.3. The summed E-state index contributed by atoms with van der Waals surface area (Å²) in [5.74, 6) is 1.67. The highest BCUT2D eigenvalue weighted by molar-refractivity contribution is 5.49. The van der Waals surface area contributed by atoms with Gasteiger partial charge in [-0.2, -0.15) is 0 Å². The van der Waals surface area contributed by atoms with Gasteiger partial charge in [0.15, 0.2) is 11.5 Å². The van der Waals surface area contributed by atoms with Crippen LogP contribution in [0.1, 0.15) is 29.7 Å². The summed E-state index contributed by atoms with van der Waals surface area (Å²) >= 11 is 0. The summed E-state index contributed by atoms with van der Waals surface area (Å²) in [6.07, 6.45) is 2.02. The van der Waals surface area contributed by atoms with Crippen molar-refractivity contribution >= 4 is 0 Å². The van der Waals surface area contributed by atoms with Crippen molar-refractivity contribution in [2.45, 2.75) is 25.8 Å². The Bertz CT molecular complexity index is 625. The zero-order valence-corrected chi connectivity index (χ0v) is 13.3. The molecule has 0 bridgehead atoms. The Kier molecular flexibility index (Phi) is 4.64. The number of ether oxygens (including phenoxy) is 2. The summed E-state index contributed by atoms with van der Waals surface area (Å²) in [6, 6.07) is 15.2.